The number of carbonyl (C=O) groups is 1. The number of nitrogen functional groups attached to an aromatic ring is 1. The van der Waals surface area contributed by atoms with Crippen LogP contribution in [0.25, 0.3) is 0 Å². The van der Waals surface area contributed by atoms with Gasteiger partial charge in [0.1, 0.15) is 10.8 Å². The van der Waals surface area contributed by atoms with Crippen LogP contribution in [0.2, 0.25) is 5.15 Å². The molecule has 1 amide bonds. The third kappa shape index (κ3) is 3.26. The first-order valence-corrected chi connectivity index (χ1v) is 7.95. The number of aryl methyl sites for hydroxylation is 1. The van der Waals surface area contributed by atoms with Gasteiger partial charge in [-0.25, -0.2) is 9.97 Å². The Bertz CT molecular complexity index is 761. The number of nitrogens with two attached hydrogens (primary N) is 2. The number of rotatable bonds is 3. The van der Waals surface area contributed by atoms with Crippen LogP contribution in [0.15, 0.2) is 12.4 Å². The second-order valence-electron chi connectivity index (χ2n) is 5.73. The third-order valence-electron chi connectivity index (χ3n) is 3.90. The first-order chi connectivity index (χ1) is 11.5. The van der Waals surface area contributed by atoms with Gasteiger partial charge in [-0.15, -0.1) is 0 Å². The lowest BCUT2D eigenvalue weighted by molar-refractivity contribution is 0.102. The van der Waals surface area contributed by atoms with E-state index in [4.69, 9.17) is 23.1 Å². The van der Waals surface area contributed by atoms with Gasteiger partial charge in [0, 0.05) is 26.2 Å². The summed E-state index contributed by atoms with van der Waals surface area (Å²) in [5.41, 5.74) is 12.3. The average molecular weight is 351 g/mol. The highest BCUT2D eigenvalue weighted by atomic mass is 35.5. The molecule has 2 aromatic heterocycles. The van der Waals surface area contributed by atoms with E-state index in [-0.39, 0.29) is 22.7 Å². The summed E-state index contributed by atoms with van der Waals surface area (Å²) < 4.78 is 1.71. The number of halogens is 1. The molecule has 0 aromatic carbocycles. The van der Waals surface area contributed by atoms with E-state index in [9.17, 15) is 4.79 Å². The molecule has 10 heteroatoms. The van der Waals surface area contributed by atoms with Crippen molar-refractivity contribution in [3.63, 3.8) is 0 Å². The third-order valence-corrected chi connectivity index (χ3v) is 4.08. The van der Waals surface area contributed by atoms with E-state index in [1.807, 2.05) is 7.05 Å². The molecule has 2 aromatic rings. The van der Waals surface area contributed by atoms with E-state index in [2.05, 4.69) is 25.3 Å². The average Bonchev–Trinajstić information content (AvgIpc) is 2.90. The molecule has 1 aliphatic heterocycles. The Morgan fingerprint density at radius 1 is 1.46 bits per heavy atom. The SMILES string of the molecule is Cn1ncc(NC(=O)c2nc(Cl)cnc2N)c1N1CCCC(N)C1. The van der Waals surface area contributed by atoms with Crippen molar-refractivity contribution in [2.24, 2.45) is 12.8 Å². The summed E-state index contributed by atoms with van der Waals surface area (Å²) in [5.74, 6) is 0.326. The number of nitrogens with zero attached hydrogens (tertiary/aromatic N) is 5. The maximum absolute atomic E-state index is 12.5. The molecule has 3 rings (SSSR count). The maximum Gasteiger partial charge on any atom is 0.278 e. The lowest BCUT2D eigenvalue weighted by Gasteiger charge is -2.32. The number of carbonyl (C=O) groups excluding carboxylic acids is 1. The van der Waals surface area contributed by atoms with Gasteiger partial charge in [0.15, 0.2) is 17.3 Å². The van der Waals surface area contributed by atoms with Crippen molar-refractivity contribution in [2.75, 3.05) is 29.0 Å². The molecule has 1 atom stereocenters. The van der Waals surface area contributed by atoms with Crippen LogP contribution in [0.3, 0.4) is 0 Å². The normalized spacial score (nSPS) is 17.8. The Labute approximate surface area is 144 Å². The topological polar surface area (TPSA) is 128 Å². The van der Waals surface area contributed by atoms with Crippen molar-refractivity contribution in [1.82, 2.24) is 19.7 Å². The Kier molecular flexibility index (Phi) is 4.54. The van der Waals surface area contributed by atoms with E-state index >= 15 is 0 Å². The highest BCUT2D eigenvalue weighted by molar-refractivity contribution is 6.29. The minimum absolute atomic E-state index is 0.0161. The summed E-state index contributed by atoms with van der Waals surface area (Å²) in [6.07, 6.45) is 4.86. The number of hydrogen-bond acceptors (Lipinski definition) is 7. The standard InChI is InChI=1S/C14H19ClN8O/c1-22-14(23-4-2-3-8(16)7-23)9(5-19-22)20-13(24)11-12(17)18-6-10(15)21-11/h5-6,8H,2-4,7,16H2,1H3,(H2,17,18)(H,20,24). The van der Waals surface area contributed by atoms with Gasteiger partial charge in [-0.3, -0.25) is 9.48 Å². The van der Waals surface area contributed by atoms with E-state index in [1.54, 1.807) is 10.9 Å². The summed E-state index contributed by atoms with van der Waals surface area (Å²) in [4.78, 5) is 22.4. The predicted molar refractivity (Wildman–Crippen MR) is 92.0 cm³/mol. The molecule has 128 valence electrons. The second kappa shape index (κ2) is 6.62. The zero-order valence-corrected chi connectivity index (χ0v) is 14.0. The molecule has 1 aliphatic rings. The van der Waals surface area contributed by atoms with E-state index < -0.39 is 5.91 Å². The highest BCUT2D eigenvalue weighted by Crippen LogP contribution is 2.28. The van der Waals surface area contributed by atoms with E-state index in [0.29, 0.717) is 12.2 Å². The molecule has 0 saturated carbocycles. The molecule has 24 heavy (non-hydrogen) atoms. The molecule has 1 unspecified atom stereocenters. The first-order valence-electron chi connectivity index (χ1n) is 7.57. The van der Waals surface area contributed by atoms with Crippen molar-refractivity contribution >= 4 is 34.8 Å². The molecule has 0 bridgehead atoms. The highest BCUT2D eigenvalue weighted by Gasteiger charge is 2.24. The Morgan fingerprint density at radius 2 is 2.25 bits per heavy atom. The van der Waals surface area contributed by atoms with Gasteiger partial charge < -0.3 is 21.7 Å². The summed E-state index contributed by atoms with van der Waals surface area (Å²) in [6.45, 7) is 1.57. The number of hydrogen-bond donors (Lipinski definition) is 3. The minimum atomic E-state index is -0.488. The van der Waals surface area contributed by atoms with Gasteiger partial charge in [0.25, 0.3) is 5.91 Å². The molecular formula is C14H19ClN8O. The molecule has 1 fully saturated rings. The Balaban J connectivity index is 1.85. The molecule has 3 heterocycles. The Hall–Kier alpha value is -2.39. The molecule has 1 saturated heterocycles. The molecule has 0 spiro atoms. The van der Waals surface area contributed by atoms with Gasteiger partial charge in [0.2, 0.25) is 0 Å². The van der Waals surface area contributed by atoms with Gasteiger partial charge in [-0.05, 0) is 12.8 Å². The van der Waals surface area contributed by atoms with E-state index in [1.165, 1.54) is 6.20 Å². The van der Waals surface area contributed by atoms with Crippen molar-refractivity contribution < 1.29 is 4.79 Å². The number of anilines is 3. The fraction of sp³-hybridized carbons (Fsp3) is 0.429. The fourth-order valence-corrected chi connectivity index (χ4v) is 2.96. The summed E-state index contributed by atoms with van der Waals surface area (Å²) in [7, 11) is 1.82. The Morgan fingerprint density at radius 3 is 3.00 bits per heavy atom. The van der Waals surface area contributed by atoms with Crippen LogP contribution >= 0.6 is 11.6 Å². The van der Waals surface area contributed by atoms with Crippen molar-refractivity contribution in [1.29, 1.82) is 0 Å². The largest absolute Gasteiger partial charge is 0.382 e. The lowest BCUT2D eigenvalue weighted by Crippen LogP contribution is -2.43. The summed E-state index contributed by atoms with van der Waals surface area (Å²) in [6, 6.07) is 0.103. The quantitative estimate of drug-likeness (QED) is 0.740. The molecule has 0 aliphatic carbocycles. The van der Waals surface area contributed by atoms with Crippen LogP contribution in [-0.2, 0) is 7.05 Å². The van der Waals surface area contributed by atoms with Gasteiger partial charge in [-0.1, -0.05) is 11.6 Å². The minimum Gasteiger partial charge on any atom is -0.382 e. The number of nitrogens with one attached hydrogen (secondary N) is 1. The van der Waals surface area contributed by atoms with Crippen LogP contribution in [0.1, 0.15) is 23.3 Å². The zero-order valence-electron chi connectivity index (χ0n) is 13.2. The maximum atomic E-state index is 12.5. The second-order valence-corrected chi connectivity index (χ2v) is 6.12. The fourth-order valence-electron chi connectivity index (χ4n) is 2.82. The predicted octanol–water partition coefficient (Wildman–Crippen LogP) is 0.625. The molecular weight excluding hydrogens is 332 g/mol. The first kappa shape index (κ1) is 16.5. The van der Waals surface area contributed by atoms with Gasteiger partial charge in [-0.2, -0.15) is 5.10 Å². The van der Waals surface area contributed by atoms with Gasteiger partial charge in [0.05, 0.1) is 12.4 Å². The van der Waals surface area contributed by atoms with Crippen molar-refractivity contribution in [3.8, 4) is 0 Å². The molecule has 0 radical (unpaired) electrons. The van der Waals surface area contributed by atoms with Crippen LogP contribution in [0, 0.1) is 0 Å². The number of aromatic nitrogens is 4. The lowest BCUT2D eigenvalue weighted by atomic mass is 10.1. The smallest absolute Gasteiger partial charge is 0.278 e. The van der Waals surface area contributed by atoms with E-state index in [0.717, 1.165) is 25.2 Å². The molecule has 9 nitrogen and oxygen atoms in total. The zero-order chi connectivity index (χ0) is 17.3. The monoisotopic (exact) mass is 350 g/mol. The van der Waals surface area contributed by atoms with Crippen molar-refractivity contribution in [3.05, 3.63) is 23.2 Å². The summed E-state index contributed by atoms with van der Waals surface area (Å²) in [5, 5.41) is 7.11. The van der Waals surface area contributed by atoms with Gasteiger partial charge >= 0.3 is 0 Å². The van der Waals surface area contributed by atoms with Crippen LogP contribution in [0.4, 0.5) is 17.3 Å². The van der Waals surface area contributed by atoms with Crippen LogP contribution < -0.4 is 21.7 Å². The van der Waals surface area contributed by atoms with Crippen LogP contribution in [-0.4, -0.2) is 44.8 Å². The molecule has 5 N–H and O–H groups in total. The van der Waals surface area contributed by atoms with Crippen LogP contribution in [0.5, 0.6) is 0 Å². The van der Waals surface area contributed by atoms with Crippen molar-refractivity contribution in [2.45, 2.75) is 18.9 Å². The summed E-state index contributed by atoms with van der Waals surface area (Å²) >= 11 is 5.79. The number of amides is 1. The number of piperidine rings is 1.